The van der Waals surface area contributed by atoms with E-state index in [1.165, 1.54) is 30.0 Å². The summed E-state index contributed by atoms with van der Waals surface area (Å²) < 4.78 is 50.3. The van der Waals surface area contributed by atoms with E-state index in [0.717, 1.165) is 5.01 Å². The van der Waals surface area contributed by atoms with Gasteiger partial charge in [0.15, 0.2) is 10.1 Å². The number of furan rings is 1. The molecule has 0 spiro atoms. The Bertz CT molecular complexity index is 1080. The maximum Gasteiger partial charge on any atom is 0.406 e. The van der Waals surface area contributed by atoms with Crippen LogP contribution in [-0.4, -0.2) is 52.8 Å². The van der Waals surface area contributed by atoms with E-state index >= 15 is 0 Å². The number of halogens is 3. The van der Waals surface area contributed by atoms with Crippen molar-refractivity contribution in [3.63, 3.8) is 0 Å². The Morgan fingerprint density at radius 2 is 2.00 bits per heavy atom. The molecule has 31 heavy (non-hydrogen) atoms. The number of carbonyl (C=O) groups is 2. The number of amides is 1. The predicted octanol–water partition coefficient (Wildman–Crippen LogP) is 4.45. The van der Waals surface area contributed by atoms with Crippen LogP contribution in [0.2, 0.25) is 0 Å². The molecule has 0 bridgehead atoms. The lowest BCUT2D eigenvalue weighted by Crippen LogP contribution is -2.42. The van der Waals surface area contributed by atoms with Gasteiger partial charge < -0.3 is 14.1 Å². The van der Waals surface area contributed by atoms with Gasteiger partial charge in [0.2, 0.25) is 0 Å². The summed E-state index contributed by atoms with van der Waals surface area (Å²) in [5.74, 6) is -1.99. The number of esters is 1. The van der Waals surface area contributed by atoms with Crippen molar-refractivity contribution >= 4 is 45.9 Å². The van der Waals surface area contributed by atoms with Crippen molar-refractivity contribution in [2.45, 2.75) is 30.1 Å². The van der Waals surface area contributed by atoms with E-state index in [2.05, 4.69) is 10.2 Å². The first-order valence-electron chi connectivity index (χ1n) is 9.13. The van der Waals surface area contributed by atoms with Crippen molar-refractivity contribution in [2.75, 3.05) is 19.7 Å². The molecule has 0 aliphatic carbocycles. The minimum atomic E-state index is -4.70. The lowest BCUT2D eigenvalue weighted by molar-refractivity contribution is -0.153. The van der Waals surface area contributed by atoms with Crippen LogP contribution in [0, 0.1) is 6.92 Å². The fraction of sp³-hybridized carbons (Fsp3) is 0.368. The van der Waals surface area contributed by atoms with Crippen molar-refractivity contribution < 1.29 is 31.9 Å². The van der Waals surface area contributed by atoms with Crippen molar-refractivity contribution in [1.82, 2.24) is 15.1 Å². The van der Waals surface area contributed by atoms with Crippen molar-refractivity contribution in [3.05, 3.63) is 40.6 Å². The molecule has 12 heteroatoms. The van der Waals surface area contributed by atoms with E-state index in [-0.39, 0.29) is 18.1 Å². The first-order chi connectivity index (χ1) is 14.7. The zero-order valence-corrected chi connectivity index (χ0v) is 18.2. The van der Waals surface area contributed by atoms with Crippen LogP contribution < -0.4 is 0 Å². The summed E-state index contributed by atoms with van der Waals surface area (Å²) in [4.78, 5) is 25.3. The smallest absolute Gasteiger partial charge is 0.406 e. The molecule has 0 aliphatic rings. The van der Waals surface area contributed by atoms with Gasteiger partial charge in [-0.15, -0.1) is 10.2 Å². The molecule has 0 fully saturated rings. The first kappa shape index (κ1) is 23.1. The lowest BCUT2D eigenvalue weighted by Gasteiger charge is -2.22. The van der Waals surface area contributed by atoms with E-state index in [0.29, 0.717) is 25.8 Å². The highest BCUT2D eigenvalue weighted by Crippen LogP contribution is 2.34. The number of nitrogens with zero attached hydrogens (tertiary/aromatic N) is 3. The molecule has 2 heterocycles. The molecule has 1 amide bonds. The third-order valence-electron chi connectivity index (χ3n) is 4.02. The van der Waals surface area contributed by atoms with E-state index in [1.54, 1.807) is 31.2 Å². The number of rotatable bonds is 8. The molecule has 0 atom stereocenters. The highest BCUT2D eigenvalue weighted by molar-refractivity contribution is 8.00. The fourth-order valence-electron chi connectivity index (χ4n) is 2.81. The highest BCUT2D eigenvalue weighted by Gasteiger charge is 2.36. The Labute approximate surface area is 183 Å². The fourth-order valence-corrected chi connectivity index (χ4v) is 4.65. The van der Waals surface area contributed by atoms with Gasteiger partial charge in [-0.25, -0.2) is 0 Å². The number of para-hydroxylation sites is 1. The maximum atomic E-state index is 13.1. The monoisotopic (exact) mass is 473 g/mol. The van der Waals surface area contributed by atoms with Crippen LogP contribution in [0.15, 0.2) is 33.0 Å². The maximum absolute atomic E-state index is 13.1. The van der Waals surface area contributed by atoms with Crippen LogP contribution in [0.1, 0.15) is 28.0 Å². The average molecular weight is 473 g/mol. The summed E-state index contributed by atoms with van der Waals surface area (Å²) in [6.07, 6.45) is -4.70. The Hall–Kier alpha value is -2.60. The summed E-state index contributed by atoms with van der Waals surface area (Å²) in [6.45, 7) is 0.863. The van der Waals surface area contributed by atoms with E-state index < -0.39 is 31.1 Å². The minimum absolute atomic E-state index is 0.0132. The number of benzene rings is 1. The van der Waals surface area contributed by atoms with Crippen LogP contribution in [0.5, 0.6) is 0 Å². The largest absolute Gasteiger partial charge is 0.465 e. The molecule has 166 valence electrons. The van der Waals surface area contributed by atoms with Crippen LogP contribution >= 0.6 is 23.1 Å². The Balaban J connectivity index is 1.95. The number of ether oxygens (including phenoxy) is 1. The molecule has 0 N–H and O–H groups in total. The molecule has 3 rings (SSSR count). The number of carbonyl (C=O) groups excluding carboxylic acids is 2. The number of fused-ring (bicyclic) bond motifs is 1. The van der Waals surface area contributed by atoms with Crippen LogP contribution in [0.4, 0.5) is 13.2 Å². The van der Waals surface area contributed by atoms with Gasteiger partial charge in [-0.3, -0.25) is 9.59 Å². The van der Waals surface area contributed by atoms with Gasteiger partial charge in [0.25, 0.3) is 5.91 Å². The van der Waals surface area contributed by atoms with Gasteiger partial charge in [0.1, 0.15) is 23.7 Å². The van der Waals surface area contributed by atoms with Gasteiger partial charge in [-0.1, -0.05) is 41.3 Å². The average Bonchev–Trinajstić information content (AvgIpc) is 3.27. The highest BCUT2D eigenvalue weighted by atomic mass is 32.2. The Kier molecular flexibility index (Phi) is 7.21. The number of aromatic nitrogens is 2. The van der Waals surface area contributed by atoms with Gasteiger partial charge >= 0.3 is 12.1 Å². The molecule has 2 aromatic heterocycles. The van der Waals surface area contributed by atoms with Crippen molar-refractivity contribution in [1.29, 1.82) is 0 Å². The lowest BCUT2D eigenvalue weighted by atomic mass is 10.1. The minimum Gasteiger partial charge on any atom is -0.465 e. The first-order valence-corrected chi connectivity index (χ1v) is 10.9. The number of hydrogen-bond donors (Lipinski definition) is 0. The van der Waals surface area contributed by atoms with Crippen LogP contribution in [-0.2, 0) is 15.3 Å². The molecule has 0 radical (unpaired) electrons. The standard InChI is InChI=1S/C19H18F3N3O4S2/c1-3-28-15(26)8-25(10-19(20,21)22)17(27)16-13(9-30-18-24-23-11(2)31-18)12-6-4-5-7-14(12)29-16/h4-7H,3,8-10H2,1-2H3. The normalized spacial score (nSPS) is 11.6. The zero-order valence-electron chi connectivity index (χ0n) is 16.6. The topological polar surface area (TPSA) is 85.5 Å². The molecule has 3 aromatic rings. The number of alkyl halides is 3. The number of thioether (sulfide) groups is 1. The Morgan fingerprint density at radius 3 is 2.65 bits per heavy atom. The molecule has 0 saturated carbocycles. The molecule has 0 aliphatic heterocycles. The van der Waals surface area contributed by atoms with Crippen LogP contribution in [0.25, 0.3) is 11.0 Å². The third kappa shape index (κ3) is 5.97. The summed E-state index contributed by atoms with van der Waals surface area (Å²) in [5, 5.41) is 9.30. The number of hydrogen-bond acceptors (Lipinski definition) is 8. The second-order valence-corrected chi connectivity index (χ2v) is 8.77. The zero-order chi connectivity index (χ0) is 22.6. The SMILES string of the molecule is CCOC(=O)CN(CC(F)(F)F)C(=O)c1oc2ccccc2c1CSc1nnc(C)s1. The van der Waals surface area contributed by atoms with Crippen LogP contribution in [0.3, 0.4) is 0 Å². The Morgan fingerprint density at radius 1 is 1.26 bits per heavy atom. The quantitative estimate of drug-likeness (QED) is 0.353. The van der Waals surface area contributed by atoms with Gasteiger partial charge in [0.05, 0.1) is 6.61 Å². The second kappa shape index (κ2) is 9.69. The van der Waals surface area contributed by atoms with E-state index in [1.807, 2.05) is 0 Å². The molecule has 1 aromatic carbocycles. The van der Waals surface area contributed by atoms with E-state index in [4.69, 9.17) is 9.15 Å². The summed E-state index contributed by atoms with van der Waals surface area (Å²) in [6, 6.07) is 6.77. The van der Waals surface area contributed by atoms with Gasteiger partial charge in [-0.05, 0) is 19.9 Å². The van der Waals surface area contributed by atoms with Crippen molar-refractivity contribution in [3.8, 4) is 0 Å². The summed E-state index contributed by atoms with van der Waals surface area (Å²) in [7, 11) is 0. The number of aryl methyl sites for hydroxylation is 1. The summed E-state index contributed by atoms with van der Waals surface area (Å²) >= 11 is 2.65. The molecular weight excluding hydrogens is 455 g/mol. The summed E-state index contributed by atoms with van der Waals surface area (Å²) in [5.41, 5.74) is 0.785. The second-order valence-electron chi connectivity index (χ2n) is 6.36. The molecule has 0 unspecified atom stereocenters. The van der Waals surface area contributed by atoms with Crippen molar-refractivity contribution in [2.24, 2.45) is 0 Å². The van der Waals surface area contributed by atoms with E-state index in [9.17, 15) is 22.8 Å². The predicted molar refractivity (Wildman–Crippen MR) is 109 cm³/mol. The third-order valence-corrected chi connectivity index (χ3v) is 6.02. The molecule has 7 nitrogen and oxygen atoms in total. The molecular formula is C19H18F3N3O4S2. The van der Waals surface area contributed by atoms with Gasteiger partial charge in [-0.2, -0.15) is 13.2 Å². The molecule has 0 saturated heterocycles. The van der Waals surface area contributed by atoms with Gasteiger partial charge in [0, 0.05) is 16.7 Å².